The standard InChI is InChI=1S/C12H15ClN2O3/c1-18-12(17)10-4-2-3-5-15(10)11(16)9-6-8(13)7-14-9/h6-7,10,14H,2-5H2,1H3. The van der Waals surface area contributed by atoms with Crippen molar-refractivity contribution in [2.75, 3.05) is 13.7 Å². The first-order valence-corrected chi connectivity index (χ1v) is 6.24. The summed E-state index contributed by atoms with van der Waals surface area (Å²) in [6.07, 6.45) is 4.02. The minimum absolute atomic E-state index is 0.211. The minimum Gasteiger partial charge on any atom is -0.467 e. The summed E-state index contributed by atoms with van der Waals surface area (Å²) in [5, 5.41) is 0.477. The molecule has 6 heteroatoms. The van der Waals surface area contributed by atoms with E-state index in [1.54, 1.807) is 17.2 Å². The number of aromatic amines is 1. The molecule has 1 amide bonds. The van der Waals surface area contributed by atoms with Crippen molar-refractivity contribution >= 4 is 23.5 Å². The highest BCUT2D eigenvalue weighted by Crippen LogP contribution is 2.21. The number of piperidine rings is 1. The van der Waals surface area contributed by atoms with Crippen LogP contribution in [0.1, 0.15) is 29.8 Å². The van der Waals surface area contributed by atoms with Gasteiger partial charge in [0, 0.05) is 12.7 Å². The number of carbonyl (C=O) groups is 2. The molecule has 1 aliphatic heterocycles. The number of hydrogen-bond acceptors (Lipinski definition) is 3. The Balaban J connectivity index is 2.18. The predicted molar refractivity (Wildman–Crippen MR) is 66.5 cm³/mol. The van der Waals surface area contributed by atoms with Gasteiger partial charge in [-0.05, 0) is 25.3 Å². The molecule has 98 valence electrons. The Morgan fingerprint density at radius 2 is 2.28 bits per heavy atom. The number of nitrogens with zero attached hydrogens (tertiary/aromatic N) is 1. The molecule has 1 aromatic rings. The highest BCUT2D eigenvalue weighted by atomic mass is 35.5. The van der Waals surface area contributed by atoms with Crippen molar-refractivity contribution in [1.29, 1.82) is 0 Å². The van der Waals surface area contributed by atoms with E-state index in [1.165, 1.54) is 7.11 Å². The molecule has 0 saturated carbocycles. The summed E-state index contributed by atoms with van der Waals surface area (Å²) in [5.74, 6) is -0.572. The van der Waals surface area contributed by atoms with Crippen LogP contribution in [0.5, 0.6) is 0 Å². The third-order valence-electron chi connectivity index (χ3n) is 3.12. The van der Waals surface area contributed by atoms with Gasteiger partial charge in [0.05, 0.1) is 12.1 Å². The number of methoxy groups -OCH3 is 1. The topological polar surface area (TPSA) is 62.4 Å². The largest absolute Gasteiger partial charge is 0.467 e. The smallest absolute Gasteiger partial charge is 0.328 e. The van der Waals surface area contributed by atoms with Crippen molar-refractivity contribution in [3.8, 4) is 0 Å². The fourth-order valence-corrected chi connectivity index (χ4v) is 2.37. The molecular weight excluding hydrogens is 256 g/mol. The quantitative estimate of drug-likeness (QED) is 0.834. The van der Waals surface area contributed by atoms with Crippen LogP contribution in [-0.2, 0) is 9.53 Å². The lowest BCUT2D eigenvalue weighted by Gasteiger charge is -2.33. The molecule has 1 aliphatic rings. The third kappa shape index (κ3) is 2.51. The fourth-order valence-electron chi connectivity index (χ4n) is 2.20. The lowest BCUT2D eigenvalue weighted by atomic mass is 10.0. The zero-order valence-electron chi connectivity index (χ0n) is 10.1. The SMILES string of the molecule is COC(=O)C1CCCCN1C(=O)c1cc(Cl)c[nH]1. The Bertz CT molecular complexity index is 458. The number of carbonyl (C=O) groups excluding carboxylic acids is 2. The van der Waals surface area contributed by atoms with Gasteiger partial charge in [-0.15, -0.1) is 0 Å². The van der Waals surface area contributed by atoms with Gasteiger partial charge in [-0.25, -0.2) is 4.79 Å². The van der Waals surface area contributed by atoms with E-state index in [0.717, 1.165) is 12.8 Å². The molecule has 1 atom stereocenters. The molecule has 0 spiro atoms. The second-order valence-corrected chi connectivity index (χ2v) is 4.70. The summed E-state index contributed by atoms with van der Waals surface area (Å²) >= 11 is 5.78. The van der Waals surface area contributed by atoms with Crippen LogP contribution in [-0.4, -0.2) is 41.5 Å². The lowest BCUT2D eigenvalue weighted by Crippen LogP contribution is -2.48. The molecule has 0 radical (unpaired) electrons. The number of hydrogen-bond donors (Lipinski definition) is 1. The van der Waals surface area contributed by atoms with E-state index in [1.807, 2.05) is 0 Å². The molecule has 1 N–H and O–H groups in total. The predicted octanol–water partition coefficient (Wildman–Crippen LogP) is 1.84. The van der Waals surface area contributed by atoms with Crippen molar-refractivity contribution in [2.45, 2.75) is 25.3 Å². The first kappa shape index (κ1) is 13.0. The average molecular weight is 271 g/mol. The maximum atomic E-state index is 12.3. The second kappa shape index (κ2) is 5.44. The van der Waals surface area contributed by atoms with Gasteiger partial charge in [0.25, 0.3) is 5.91 Å². The van der Waals surface area contributed by atoms with E-state index < -0.39 is 6.04 Å². The second-order valence-electron chi connectivity index (χ2n) is 4.26. The summed E-state index contributed by atoms with van der Waals surface area (Å²) < 4.78 is 4.74. The van der Waals surface area contributed by atoms with Crippen LogP contribution in [0.4, 0.5) is 0 Å². The summed E-state index contributed by atoms with van der Waals surface area (Å²) in [7, 11) is 1.34. The first-order chi connectivity index (χ1) is 8.63. The van der Waals surface area contributed by atoms with Gasteiger partial charge in [0.1, 0.15) is 11.7 Å². The Kier molecular flexibility index (Phi) is 3.91. The number of aromatic nitrogens is 1. The molecular formula is C12H15ClN2O3. The number of nitrogens with one attached hydrogen (secondary N) is 1. The number of halogens is 1. The minimum atomic E-state index is -0.488. The molecule has 0 aromatic carbocycles. The van der Waals surface area contributed by atoms with Gasteiger partial charge in [-0.3, -0.25) is 4.79 Å². The molecule has 18 heavy (non-hydrogen) atoms. The molecule has 1 unspecified atom stereocenters. The lowest BCUT2D eigenvalue weighted by molar-refractivity contribution is -0.147. The van der Waals surface area contributed by atoms with E-state index in [9.17, 15) is 9.59 Å². The van der Waals surface area contributed by atoms with Crippen LogP contribution in [0.2, 0.25) is 5.02 Å². The van der Waals surface area contributed by atoms with Crippen LogP contribution in [0.15, 0.2) is 12.3 Å². The maximum Gasteiger partial charge on any atom is 0.328 e. The number of ether oxygens (including phenoxy) is 1. The van der Waals surface area contributed by atoms with Crippen molar-refractivity contribution in [3.05, 3.63) is 23.0 Å². The highest BCUT2D eigenvalue weighted by molar-refractivity contribution is 6.31. The van der Waals surface area contributed by atoms with Gasteiger partial charge in [-0.1, -0.05) is 11.6 Å². The van der Waals surface area contributed by atoms with Crippen LogP contribution in [0.25, 0.3) is 0 Å². The van der Waals surface area contributed by atoms with Crippen LogP contribution < -0.4 is 0 Å². The molecule has 1 fully saturated rings. The maximum absolute atomic E-state index is 12.3. The number of amides is 1. The number of likely N-dealkylation sites (tertiary alicyclic amines) is 1. The Morgan fingerprint density at radius 3 is 2.89 bits per heavy atom. The van der Waals surface area contributed by atoms with Gasteiger partial charge < -0.3 is 14.6 Å². The van der Waals surface area contributed by atoms with Gasteiger partial charge in [0.15, 0.2) is 0 Å². The fraction of sp³-hybridized carbons (Fsp3) is 0.500. The summed E-state index contributed by atoms with van der Waals surface area (Å²) in [4.78, 5) is 28.3. The van der Waals surface area contributed by atoms with Gasteiger partial charge >= 0.3 is 5.97 Å². The summed E-state index contributed by atoms with van der Waals surface area (Å²) in [5.41, 5.74) is 0.399. The van der Waals surface area contributed by atoms with Crippen molar-refractivity contribution in [1.82, 2.24) is 9.88 Å². The highest BCUT2D eigenvalue weighted by Gasteiger charge is 2.33. The van der Waals surface area contributed by atoms with Crippen LogP contribution in [0, 0.1) is 0 Å². The molecule has 0 bridgehead atoms. The molecule has 1 saturated heterocycles. The van der Waals surface area contributed by atoms with Crippen LogP contribution in [0.3, 0.4) is 0 Å². The molecule has 1 aromatic heterocycles. The Labute approximate surface area is 110 Å². The van der Waals surface area contributed by atoms with E-state index in [0.29, 0.717) is 23.7 Å². The van der Waals surface area contributed by atoms with Crippen molar-refractivity contribution in [3.63, 3.8) is 0 Å². The molecule has 2 rings (SSSR count). The molecule has 0 aliphatic carbocycles. The molecule has 5 nitrogen and oxygen atoms in total. The number of rotatable bonds is 2. The third-order valence-corrected chi connectivity index (χ3v) is 3.33. The van der Waals surface area contributed by atoms with E-state index in [4.69, 9.17) is 16.3 Å². The summed E-state index contributed by atoms with van der Waals surface area (Å²) in [6.45, 7) is 0.565. The summed E-state index contributed by atoms with van der Waals surface area (Å²) in [6, 6.07) is 1.07. The number of esters is 1. The Hall–Kier alpha value is -1.49. The molecule has 2 heterocycles. The zero-order chi connectivity index (χ0) is 13.1. The average Bonchev–Trinajstić information content (AvgIpc) is 2.83. The van der Waals surface area contributed by atoms with Gasteiger partial charge in [0.2, 0.25) is 0 Å². The Morgan fingerprint density at radius 1 is 1.50 bits per heavy atom. The zero-order valence-corrected chi connectivity index (χ0v) is 10.9. The van der Waals surface area contributed by atoms with E-state index >= 15 is 0 Å². The van der Waals surface area contributed by atoms with Crippen molar-refractivity contribution < 1.29 is 14.3 Å². The van der Waals surface area contributed by atoms with Crippen LogP contribution >= 0.6 is 11.6 Å². The van der Waals surface area contributed by atoms with Gasteiger partial charge in [-0.2, -0.15) is 0 Å². The number of H-pyrrole nitrogens is 1. The monoisotopic (exact) mass is 270 g/mol. The van der Waals surface area contributed by atoms with Crippen molar-refractivity contribution in [2.24, 2.45) is 0 Å². The van der Waals surface area contributed by atoms with E-state index in [2.05, 4.69) is 4.98 Å². The normalized spacial score (nSPS) is 19.7. The van der Waals surface area contributed by atoms with E-state index in [-0.39, 0.29) is 11.9 Å². The first-order valence-electron chi connectivity index (χ1n) is 5.86.